The Bertz CT molecular complexity index is 765. The normalized spacial score (nSPS) is 12.2. The highest BCUT2D eigenvalue weighted by Crippen LogP contribution is 2.25. The number of hydrogen-bond acceptors (Lipinski definition) is 2. The maximum absolute atomic E-state index is 9.44. The number of fused-ring (bicyclic) bond motifs is 1. The molecule has 2 aromatic carbocycles. The number of imidazole rings is 1. The van der Waals surface area contributed by atoms with E-state index >= 15 is 0 Å². The molecule has 1 heterocycles. The number of aromatic nitrogens is 2. The Hall–Kier alpha value is -2.60. The summed E-state index contributed by atoms with van der Waals surface area (Å²) in [4.78, 5) is 4.28. The van der Waals surface area contributed by atoms with Crippen LogP contribution in [0.2, 0.25) is 0 Å². The van der Waals surface area contributed by atoms with Gasteiger partial charge in [0.25, 0.3) is 0 Å². The van der Waals surface area contributed by atoms with Crippen LogP contribution in [-0.4, -0.2) is 9.55 Å². The molecular formula is C16H13N3. The first-order chi connectivity index (χ1) is 9.29. The average Bonchev–Trinajstić information content (AvgIpc) is 2.86. The van der Waals surface area contributed by atoms with Crippen LogP contribution in [0.15, 0.2) is 54.9 Å². The van der Waals surface area contributed by atoms with Gasteiger partial charge < -0.3 is 4.57 Å². The number of nitrogens with zero attached hydrogens (tertiary/aromatic N) is 3. The van der Waals surface area contributed by atoms with Crippen LogP contribution in [0.5, 0.6) is 0 Å². The van der Waals surface area contributed by atoms with E-state index in [1.807, 2.05) is 36.0 Å². The Kier molecular flexibility index (Phi) is 2.77. The van der Waals surface area contributed by atoms with Crippen molar-refractivity contribution in [2.75, 3.05) is 0 Å². The van der Waals surface area contributed by atoms with Gasteiger partial charge in [-0.2, -0.15) is 5.26 Å². The van der Waals surface area contributed by atoms with Crippen molar-refractivity contribution in [3.63, 3.8) is 0 Å². The van der Waals surface area contributed by atoms with E-state index < -0.39 is 0 Å². The van der Waals surface area contributed by atoms with Gasteiger partial charge in [-0.1, -0.05) is 36.4 Å². The van der Waals surface area contributed by atoms with E-state index in [1.54, 1.807) is 6.20 Å². The van der Waals surface area contributed by atoms with Crippen LogP contribution < -0.4 is 0 Å². The second kappa shape index (κ2) is 4.58. The minimum atomic E-state index is -0.329. The van der Waals surface area contributed by atoms with Gasteiger partial charge in [-0.05, 0) is 22.4 Å². The standard InChI is InChI=1S/C16H13N3/c1-19-9-8-18-16(19)15(11-17)14-7-6-12-4-2-3-5-13(12)10-14/h2-10,15H,1H3. The van der Waals surface area contributed by atoms with Gasteiger partial charge in [-0.3, -0.25) is 0 Å². The molecule has 3 nitrogen and oxygen atoms in total. The summed E-state index contributed by atoms with van der Waals surface area (Å²) in [7, 11) is 1.91. The SMILES string of the molecule is Cn1ccnc1C(C#N)c1ccc2ccccc2c1. The van der Waals surface area contributed by atoms with Crippen LogP contribution in [0.1, 0.15) is 17.3 Å². The Morgan fingerprint density at radius 2 is 1.95 bits per heavy atom. The molecule has 92 valence electrons. The summed E-state index contributed by atoms with van der Waals surface area (Å²) in [6.45, 7) is 0. The molecular weight excluding hydrogens is 234 g/mol. The summed E-state index contributed by atoms with van der Waals surface area (Å²) in [6.07, 6.45) is 3.58. The zero-order valence-corrected chi connectivity index (χ0v) is 10.6. The quantitative estimate of drug-likeness (QED) is 0.697. The predicted octanol–water partition coefficient (Wildman–Crippen LogP) is 3.23. The highest BCUT2D eigenvalue weighted by atomic mass is 15.0. The lowest BCUT2D eigenvalue weighted by Gasteiger charge is -2.10. The summed E-state index contributed by atoms with van der Waals surface area (Å²) in [6, 6.07) is 16.6. The Morgan fingerprint density at radius 1 is 1.16 bits per heavy atom. The molecule has 0 fully saturated rings. The molecule has 1 atom stereocenters. The summed E-state index contributed by atoms with van der Waals surface area (Å²) < 4.78 is 1.89. The van der Waals surface area contributed by atoms with Crippen LogP contribution in [0.3, 0.4) is 0 Å². The van der Waals surface area contributed by atoms with E-state index in [0.717, 1.165) is 16.8 Å². The van der Waals surface area contributed by atoms with E-state index in [4.69, 9.17) is 0 Å². The zero-order valence-electron chi connectivity index (χ0n) is 10.6. The maximum Gasteiger partial charge on any atom is 0.130 e. The molecule has 0 aliphatic rings. The van der Waals surface area contributed by atoms with Crippen LogP contribution in [0.25, 0.3) is 10.8 Å². The molecule has 0 bridgehead atoms. The molecule has 19 heavy (non-hydrogen) atoms. The topological polar surface area (TPSA) is 41.6 Å². The highest BCUT2D eigenvalue weighted by Gasteiger charge is 2.17. The molecule has 1 aromatic heterocycles. The Labute approximate surface area is 111 Å². The van der Waals surface area contributed by atoms with Gasteiger partial charge in [0.15, 0.2) is 0 Å². The fourth-order valence-corrected chi connectivity index (χ4v) is 2.32. The van der Waals surface area contributed by atoms with Crippen LogP contribution in [0.4, 0.5) is 0 Å². The van der Waals surface area contributed by atoms with Crippen molar-refractivity contribution >= 4 is 10.8 Å². The van der Waals surface area contributed by atoms with Crippen molar-refractivity contribution in [1.29, 1.82) is 5.26 Å². The maximum atomic E-state index is 9.44. The summed E-state index contributed by atoms with van der Waals surface area (Å²) >= 11 is 0. The van der Waals surface area contributed by atoms with Crippen LogP contribution in [0, 0.1) is 11.3 Å². The highest BCUT2D eigenvalue weighted by molar-refractivity contribution is 5.83. The van der Waals surface area contributed by atoms with Gasteiger partial charge in [-0.25, -0.2) is 4.98 Å². The number of hydrogen-bond donors (Lipinski definition) is 0. The van der Waals surface area contributed by atoms with Crippen LogP contribution >= 0.6 is 0 Å². The van der Waals surface area contributed by atoms with Gasteiger partial charge in [0.05, 0.1) is 6.07 Å². The van der Waals surface area contributed by atoms with E-state index in [0.29, 0.717) is 0 Å². The lowest BCUT2D eigenvalue weighted by atomic mass is 9.96. The fraction of sp³-hybridized carbons (Fsp3) is 0.125. The first-order valence-corrected chi connectivity index (χ1v) is 6.15. The Balaban J connectivity index is 2.12. The van der Waals surface area contributed by atoms with Gasteiger partial charge in [-0.15, -0.1) is 0 Å². The molecule has 0 aliphatic carbocycles. The second-order valence-corrected chi connectivity index (χ2v) is 4.57. The van der Waals surface area contributed by atoms with Gasteiger partial charge >= 0.3 is 0 Å². The van der Waals surface area contributed by atoms with Crippen molar-refractivity contribution in [2.45, 2.75) is 5.92 Å². The molecule has 3 aromatic rings. The number of nitriles is 1. The van der Waals surface area contributed by atoms with E-state index in [9.17, 15) is 5.26 Å². The number of benzene rings is 2. The minimum absolute atomic E-state index is 0.329. The second-order valence-electron chi connectivity index (χ2n) is 4.57. The van der Waals surface area contributed by atoms with E-state index in [2.05, 4.69) is 35.3 Å². The van der Waals surface area contributed by atoms with Crippen molar-refractivity contribution < 1.29 is 0 Å². The first-order valence-electron chi connectivity index (χ1n) is 6.15. The minimum Gasteiger partial charge on any atom is -0.337 e. The van der Waals surface area contributed by atoms with Crippen molar-refractivity contribution in [3.8, 4) is 6.07 Å². The zero-order chi connectivity index (χ0) is 13.2. The smallest absolute Gasteiger partial charge is 0.130 e. The van der Waals surface area contributed by atoms with Crippen molar-refractivity contribution in [3.05, 3.63) is 66.2 Å². The molecule has 1 unspecified atom stereocenters. The summed E-state index contributed by atoms with van der Waals surface area (Å²) in [5.74, 6) is 0.447. The fourth-order valence-electron chi connectivity index (χ4n) is 2.32. The largest absolute Gasteiger partial charge is 0.337 e. The summed E-state index contributed by atoms with van der Waals surface area (Å²) in [5, 5.41) is 11.8. The lowest BCUT2D eigenvalue weighted by molar-refractivity contribution is 0.784. The Morgan fingerprint density at radius 3 is 2.63 bits per heavy atom. The van der Waals surface area contributed by atoms with Crippen molar-refractivity contribution in [2.24, 2.45) is 7.05 Å². The molecule has 0 saturated heterocycles. The molecule has 0 aliphatic heterocycles. The molecule has 3 rings (SSSR count). The number of rotatable bonds is 2. The number of aryl methyl sites for hydroxylation is 1. The van der Waals surface area contributed by atoms with Gasteiger partial charge in [0, 0.05) is 19.4 Å². The van der Waals surface area contributed by atoms with Gasteiger partial charge in [0.2, 0.25) is 0 Å². The summed E-state index contributed by atoms with van der Waals surface area (Å²) in [5.41, 5.74) is 0.982. The van der Waals surface area contributed by atoms with E-state index in [-0.39, 0.29) is 5.92 Å². The average molecular weight is 247 g/mol. The lowest BCUT2D eigenvalue weighted by Crippen LogP contribution is -2.05. The third-order valence-corrected chi connectivity index (χ3v) is 3.35. The van der Waals surface area contributed by atoms with Crippen LogP contribution in [-0.2, 0) is 7.05 Å². The monoisotopic (exact) mass is 247 g/mol. The van der Waals surface area contributed by atoms with Crippen molar-refractivity contribution in [1.82, 2.24) is 9.55 Å². The van der Waals surface area contributed by atoms with E-state index in [1.165, 1.54) is 5.39 Å². The predicted molar refractivity (Wildman–Crippen MR) is 74.6 cm³/mol. The molecule has 0 radical (unpaired) electrons. The first kappa shape index (κ1) is 11.5. The molecule has 0 saturated carbocycles. The van der Waals surface area contributed by atoms with Gasteiger partial charge in [0.1, 0.15) is 11.7 Å². The molecule has 0 amide bonds. The third-order valence-electron chi connectivity index (χ3n) is 3.35. The molecule has 0 spiro atoms. The third kappa shape index (κ3) is 1.98. The molecule has 0 N–H and O–H groups in total. The molecule has 3 heteroatoms.